The summed E-state index contributed by atoms with van der Waals surface area (Å²) in [6.07, 6.45) is -4.24. The molecule has 1 aromatic carbocycles. The van der Waals surface area contributed by atoms with Crippen LogP contribution >= 0.6 is 11.8 Å². The number of primary amides is 1. The number of alkyl halides is 3. The molecule has 0 aromatic heterocycles. The fourth-order valence-electron chi connectivity index (χ4n) is 1.12. The van der Waals surface area contributed by atoms with Crippen molar-refractivity contribution in [2.45, 2.75) is 17.5 Å². The lowest BCUT2D eigenvalue weighted by Crippen LogP contribution is -2.11. The minimum Gasteiger partial charge on any atom is -0.398 e. The Morgan fingerprint density at radius 2 is 2.00 bits per heavy atom. The van der Waals surface area contributed by atoms with Gasteiger partial charge in [-0.25, -0.2) is 0 Å². The molecule has 1 aromatic rings. The Kier molecular flexibility index (Phi) is 4.28. The van der Waals surface area contributed by atoms with Gasteiger partial charge in [0.15, 0.2) is 0 Å². The van der Waals surface area contributed by atoms with Gasteiger partial charge in [-0.3, -0.25) is 4.79 Å². The van der Waals surface area contributed by atoms with Crippen molar-refractivity contribution in [3.8, 4) is 0 Å². The van der Waals surface area contributed by atoms with E-state index in [2.05, 4.69) is 0 Å². The second-order valence-electron chi connectivity index (χ2n) is 3.32. The highest BCUT2D eigenvalue weighted by Crippen LogP contribution is 2.34. The van der Waals surface area contributed by atoms with E-state index in [4.69, 9.17) is 11.5 Å². The Morgan fingerprint density at radius 1 is 1.35 bits per heavy atom. The van der Waals surface area contributed by atoms with Gasteiger partial charge in [0.25, 0.3) is 0 Å². The first kappa shape index (κ1) is 13.7. The van der Waals surface area contributed by atoms with Crippen molar-refractivity contribution >= 4 is 23.4 Å². The van der Waals surface area contributed by atoms with Gasteiger partial charge in [0.1, 0.15) is 0 Å². The fraction of sp³-hybridized carbons (Fsp3) is 0.300. The molecule has 0 aliphatic heterocycles. The number of nitrogen functional groups attached to an aromatic ring is 1. The van der Waals surface area contributed by atoms with E-state index in [0.717, 1.165) is 12.1 Å². The molecule has 3 nitrogen and oxygen atoms in total. The number of anilines is 1. The third kappa shape index (κ3) is 4.18. The number of amides is 1. The van der Waals surface area contributed by atoms with Crippen LogP contribution in [0.5, 0.6) is 0 Å². The standard InChI is InChI=1S/C10H11F3N2OS/c11-10(12,13)6-1-2-8(7(14)5-6)17-4-3-9(15)16/h1-2,5H,3-4,14H2,(H2,15,16). The summed E-state index contributed by atoms with van der Waals surface area (Å²) in [5.74, 6) is -0.0618. The third-order valence-electron chi connectivity index (χ3n) is 1.94. The van der Waals surface area contributed by atoms with Crippen LogP contribution in [0.3, 0.4) is 0 Å². The van der Waals surface area contributed by atoms with E-state index in [1.165, 1.54) is 17.8 Å². The molecule has 0 radical (unpaired) electrons. The first-order valence-electron chi connectivity index (χ1n) is 4.68. The van der Waals surface area contributed by atoms with E-state index < -0.39 is 17.6 Å². The smallest absolute Gasteiger partial charge is 0.398 e. The Balaban J connectivity index is 2.73. The summed E-state index contributed by atoms with van der Waals surface area (Å²) in [7, 11) is 0. The molecule has 0 unspecified atom stereocenters. The van der Waals surface area contributed by atoms with Crippen LogP contribution in [0.2, 0.25) is 0 Å². The third-order valence-corrected chi connectivity index (χ3v) is 3.03. The van der Waals surface area contributed by atoms with Crippen LogP contribution in [-0.2, 0) is 11.0 Å². The van der Waals surface area contributed by atoms with E-state index in [1.54, 1.807) is 0 Å². The molecule has 1 amide bonds. The average molecular weight is 264 g/mol. The molecule has 0 spiro atoms. The van der Waals surface area contributed by atoms with Crippen molar-refractivity contribution in [3.05, 3.63) is 23.8 Å². The Bertz CT molecular complexity index is 421. The highest BCUT2D eigenvalue weighted by atomic mass is 32.2. The molecule has 4 N–H and O–H groups in total. The molecule has 0 aliphatic carbocycles. The maximum atomic E-state index is 12.3. The number of rotatable bonds is 4. The van der Waals surface area contributed by atoms with Crippen LogP contribution < -0.4 is 11.5 Å². The van der Waals surface area contributed by atoms with Crippen molar-refractivity contribution in [2.75, 3.05) is 11.5 Å². The summed E-state index contributed by atoms with van der Waals surface area (Å²) in [4.78, 5) is 11.0. The molecule has 0 fully saturated rings. The van der Waals surface area contributed by atoms with Gasteiger partial charge >= 0.3 is 6.18 Å². The van der Waals surface area contributed by atoms with Crippen molar-refractivity contribution in [3.63, 3.8) is 0 Å². The molecular weight excluding hydrogens is 253 g/mol. The minimum atomic E-state index is -4.40. The lowest BCUT2D eigenvalue weighted by Gasteiger charge is -2.10. The van der Waals surface area contributed by atoms with Gasteiger partial charge in [0, 0.05) is 22.8 Å². The zero-order valence-corrected chi connectivity index (χ0v) is 9.57. The topological polar surface area (TPSA) is 69.1 Å². The number of thioether (sulfide) groups is 1. The Hall–Kier alpha value is -1.37. The quantitative estimate of drug-likeness (QED) is 0.647. The first-order chi connectivity index (χ1) is 7.80. The van der Waals surface area contributed by atoms with Gasteiger partial charge in [-0.15, -0.1) is 11.8 Å². The number of carbonyl (C=O) groups excluding carboxylic acids is 1. The molecule has 17 heavy (non-hydrogen) atoms. The van der Waals surface area contributed by atoms with Crippen LogP contribution in [0.25, 0.3) is 0 Å². The van der Waals surface area contributed by atoms with E-state index in [1.807, 2.05) is 0 Å². The molecule has 1 rings (SSSR count). The number of carbonyl (C=O) groups is 1. The molecule has 0 saturated carbocycles. The maximum Gasteiger partial charge on any atom is 0.416 e. The van der Waals surface area contributed by atoms with Crippen LogP contribution in [0.1, 0.15) is 12.0 Å². The van der Waals surface area contributed by atoms with Gasteiger partial charge in [-0.05, 0) is 18.2 Å². The van der Waals surface area contributed by atoms with Crippen molar-refractivity contribution in [1.82, 2.24) is 0 Å². The van der Waals surface area contributed by atoms with Crippen LogP contribution in [0.4, 0.5) is 18.9 Å². The molecular formula is C10H11F3N2OS. The molecule has 0 saturated heterocycles. The van der Waals surface area contributed by atoms with Crippen molar-refractivity contribution in [1.29, 1.82) is 0 Å². The SMILES string of the molecule is NC(=O)CCSc1ccc(C(F)(F)F)cc1N. The maximum absolute atomic E-state index is 12.3. The van der Waals surface area contributed by atoms with E-state index in [-0.39, 0.29) is 12.1 Å². The lowest BCUT2D eigenvalue weighted by atomic mass is 10.2. The van der Waals surface area contributed by atoms with E-state index in [9.17, 15) is 18.0 Å². The molecule has 0 atom stereocenters. The molecule has 0 aliphatic rings. The summed E-state index contributed by atoms with van der Waals surface area (Å²) in [5.41, 5.74) is 9.71. The Labute approximate surface area is 100 Å². The fourth-order valence-corrected chi connectivity index (χ4v) is 2.03. The number of nitrogens with two attached hydrogens (primary N) is 2. The van der Waals surface area contributed by atoms with Crippen molar-refractivity contribution < 1.29 is 18.0 Å². The zero-order valence-electron chi connectivity index (χ0n) is 8.75. The summed E-state index contributed by atoms with van der Waals surface area (Å²) >= 11 is 1.20. The van der Waals surface area contributed by atoms with Crippen LogP contribution in [0, 0.1) is 0 Å². The van der Waals surface area contributed by atoms with Gasteiger partial charge in [0.2, 0.25) is 5.91 Å². The van der Waals surface area contributed by atoms with Crippen LogP contribution in [-0.4, -0.2) is 11.7 Å². The predicted molar refractivity (Wildman–Crippen MR) is 60.4 cm³/mol. The normalized spacial score (nSPS) is 11.5. The van der Waals surface area contributed by atoms with Gasteiger partial charge in [-0.2, -0.15) is 13.2 Å². The number of benzene rings is 1. The van der Waals surface area contributed by atoms with E-state index >= 15 is 0 Å². The van der Waals surface area contributed by atoms with Gasteiger partial charge < -0.3 is 11.5 Å². The largest absolute Gasteiger partial charge is 0.416 e. The summed E-state index contributed by atoms with van der Waals surface area (Å²) < 4.78 is 37.0. The minimum absolute atomic E-state index is 0.0503. The highest BCUT2D eigenvalue weighted by Gasteiger charge is 2.30. The number of halogens is 3. The zero-order chi connectivity index (χ0) is 13.1. The number of hydrogen-bond acceptors (Lipinski definition) is 3. The molecule has 94 valence electrons. The summed E-state index contributed by atoms with van der Waals surface area (Å²) in [6, 6.07) is 3.14. The monoisotopic (exact) mass is 264 g/mol. The first-order valence-corrected chi connectivity index (χ1v) is 5.67. The molecule has 7 heteroatoms. The molecule has 0 bridgehead atoms. The van der Waals surface area contributed by atoms with Gasteiger partial charge in [0.05, 0.1) is 5.56 Å². The summed E-state index contributed by atoms with van der Waals surface area (Å²) in [6.45, 7) is 0. The summed E-state index contributed by atoms with van der Waals surface area (Å²) in [5, 5.41) is 0. The molecule has 0 heterocycles. The van der Waals surface area contributed by atoms with Gasteiger partial charge in [-0.1, -0.05) is 0 Å². The van der Waals surface area contributed by atoms with Crippen LogP contribution in [0.15, 0.2) is 23.1 Å². The second kappa shape index (κ2) is 5.31. The highest BCUT2D eigenvalue weighted by molar-refractivity contribution is 7.99. The average Bonchev–Trinajstić information content (AvgIpc) is 2.18. The second-order valence-corrected chi connectivity index (χ2v) is 4.45. The number of hydrogen-bond donors (Lipinski definition) is 2. The predicted octanol–water partition coefficient (Wildman–Crippen LogP) is 2.26. The van der Waals surface area contributed by atoms with E-state index in [0.29, 0.717) is 10.6 Å². The Morgan fingerprint density at radius 3 is 2.47 bits per heavy atom. The lowest BCUT2D eigenvalue weighted by molar-refractivity contribution is -0.137. The van der Waals surface area contributed by atoms with Crippen molar-refractivity contribution in [2.24, 2.45) is 5.73 Å².